The summed E-state index contributed by atoms with van der Waals surface area (Å²) in [5.41, 5.74) is 0. The quantitative estimate of drug-likeness (QED) is 0.694. The third-order valence-corrected chi connectivity index (χ3v) is 3.35. The molecule has 1 aromatic carbocycles. The van der Waals surface area contributed by atoms with Gasteiger partial charge in [0.25, 0.3) is 0 Å². The number of halogens is 3. The number of hydrogen-bond acceptors (Lipinski definition) is 3. The maximum atomic E-state index is 5.95. The topological polar surface area (TPSA) is 35.0 Å². The third-order valence-electron chi connectivity index (χ3n) is 2.30. The molecule has 0 atom stereocenters. The van der Waals surface area contributed by atoms with Crippen LogP contribution >= 0.6 is 39.1 Å². The SMILES string of the molecule is CCCc1nc(Cl)cc(Oc2ccc(Cl)cc2Br)n1. The minimum Gasteiger partial charge on any atom is -0.438 e. The highest BCUT2D eigenvalue weighted by atomic mass is 79.9. The second-order valence-electron chi connectivity index (χ2n) is 3.87. The molecule has 0 amide bonds. The zero-order valence-corrected chi connectivity index (χ0v) is 13.3. The van der Waals surface area contributed by atoms with Crippen LogP contribution in [0.25, 0.3) is 0 Å². The molecule has 0 fully saturated rings. The van der Waals surface area contributed by atoms with E-state index in [0.717, 1.165) is 17.3 Å². The molecule has 0 aliphatic rings. The van der Waals surface area contributed by atoms with Crippen molar-refractivity contribution < 1.29 is 4.74 Å². The highest BCUT2D eigenvalue weighted by molar-refractivity contribution is 9.10. The predicted molar refractivity (Wildman–Crippen MR) is 80.3 cm³/mol. The summed E-state index contributed by atoms with van der Waals surface area (Å²) in [4.78, 5) is 8.45. The summed E-state index contributed by atoms with van der Waals surface area (Å²) < 4.78 is 6.45. The van der Waals surface area contributed by atoms with E-state index >= 15 is 0 Å². The maximum absolute atomic E-state index is 5.95. The van der Waals surface area contributed by atoms with Crippen molar-refractivity contribution in [3.8, 4) is 11.6 Å². The molecular weight excluding hydrogens is 351 g/mol. The van der Waals surface area contributed by atoms with E-state index in [4.69, 9.17) is 27.9 Å². The van der Waals surface area contributed by atoms with E-state index in [0.29, 0.717) is 27.6 Å². The predicted octanol–water partition coefficient (Wildman–Crippen LogP) is 5.29. The number of aryl methyl sites for hydroxylation is 1. The molecular formula is C13H11BrCl2N2O. The Morgan fingerprint density at radius 1 is 1.21 bits per heavy atom. The second kappa shape index (κ2) is 6.55. The van der Waals surface area contributed by atoms with Crippen molar-refractivity contribution in [2.75, 3.05) is 0 Å². The zero-order valence-electron chi connectivity index (χ0n) is 10.2. The van der Waals surface area contributed by atoms with Crippen LogP contribution < -0.4 is 4.74 Å². The van der Waals surface area contributed by atoms with Crippen molar-refractivity contribution in [3.63, 3.8) is 0 Å². The Kier molecular flexibility index (Phi) is 5.02. The van der Waals surface area contributed by atoms with Gasteiger partial charge in [-0.05, 0) is 40.5 Å². The Morgan fingerprint density at radius 3 is 2.68 bits per heavy atom. The van der Waals surface area contributed by atoms with Gasteiger partial charge in [-0.1, -0.05) is 30.1 Å². The number of nitrogens with zero attached hydrogens (tertiary/aromatic N) is 2. The van der Waals surface area contributed by atoms with Gasteiger partial charge in [0.15, 0.2) is 0 Å². The van der Waals surface area contributed by atoms with E-state index in [1.807, 2.05) is 0 Å². The lowest BCUT2D eigenvalue weighted by molar-refractivity contribution is 0.455. The number of ether oxygens (including phenoxy) is 1. The largest absolute Gasteiger partial charge is 0.438 e. The summed E-state index contributed by atoms with van der Waals surface area (Å²) in [6.07, 6.45) is 1.71. The van der Waals surface area contributed by atoms with Gasteiger partial charge in [-0.25, -0.2) is 4.98 Å². The molecule has 100 valence electrons. The molecule has 0 N–H and O–H groups in total. The van der Waals surface area contributed by atoms with Crippen molar-refractivity contribution >= 4 is 39.1 Å². The van der Waals surface area contributed by atoms with Crippen LogP contribution in [0.1, 0.15) is 19.2 Å². The molecule has 1 heterocycles. The lowest BCUT2D eigenvalue weighted by Gasteiger charge is -2.08. The lowest BCUT2D eigenvalue weighted by Crippen LogP contribution is -1.98. The Balaban J connectivity index is 2.27. The second-order valence-corrected chi connectivity index (χ2v) is 5.55. The minimum atomic E-state index is 0.374. The maximum Gasteiger partial charge on any atom is 0.224 e. The molecule has 2 rings (SSSR count). The first-order valence-electron chi connectivity index (χ1n) is 5.75. The molecule has 3 nitrogen and oxygen atoms in total. The molecule has 6 heteroatoms. The summed E-state index contributed by atoms with van der Waals surface area (Å²) in [5.74, 6) is 1.73. The third kappa shape index (κ3) is 4.06. The van der Waals surface area contributed by atoms with Gasteiger partial charge in [-0.15, -0.1) is 0 Å². The minimum absolute atomic E-state index is 0.374. The van der Waals surface area contributed by atoms with Gasteiger partial charge in [-0.2, -0.15) is 4.98 Å². The van der Waals surface area contributed by atoms with Gasteiger partial charge in [0.2, 0.25) is 5.88 Å². The first kappa shape index (κ1) is 14.6. The van der Waals surface area contributed by atoms with Gasteiger partial charge in [0.05, 0.1) is 4.47 Å². The van der Waals surface area contributed by atoms with Crippen molar-refractivity contribution in [1.29, 1.82) is 0 Å². The van der Waals surface area contributed by atoms with E-state index in [1.165, 1.54) is 0 Å². The monoisotopic (exact) mass is 360 g/mol. The van der Waals surface area contributed by atoms with Crippen molar-refractivity contribution in [2.45, 2.75) is 19.8 Å². The van der Waals surface area contributed by atoms with Crippen LogP contribution in [0, 0.1) is 0 Å². The van der Waals surface area contributed by atoms with Crippen LogP contribution in [0.3, 0.4) is 0 Å². The average Bonchev–Trinajstić information content (AvgIpc) is 2.32. The summed E-state index contributed by atoms with van der Waals surface area (Å²) in [5, 5.41) is 1.00. The fourth-order valence-electron chi connectivity index (χ4n) is 1.50. The van der Waals surface area contributed by atoms with Crippen molar-refractivity contribution in [2.24, 2.45) is 0 Å². The Bertz CT molecular complexity index is 593. The van der Waals surface area contributed by atoms with E-state index < -0.39 is 0 Å². The van der Waals surface area contributed by atoms with Gasteiger partial charge in [0, 0.05) is 17.5 Å². The summed E-state index contributed by atoms with van der Waals surface area (Å²) in [7, 11) is 0. The molecule has 0 saturated carbocycles. The van der Waals surface area contributed by atoms with E-state index in [-0.39, 0.29) is 0 Å². The van der Waals surface area contributed by atoms with Gasteiger partial charge >= 0.3 is 0 Å². The highest BCUT2D eigenvalue weighted by Crippen LogP contribution is 2.31. The van der Waals surface area contributed by atoms with Crippen LogP contribution in [0.5, 0.6) is 11.6 Å². The number of rotatable bonds is 4. The molecule has 0 bridgehead atoms. The summed E-state index contributed by atoms with van der Waals surface area (Å²) in [6.45, 7) is 2.06. The van der Waals surface area contributed by atoms with Crippen LogP contribution in [-0.2, 0) is 6.42 Å². The Hall–Kier alpha value is -0.840. The summed E-state index contributed by atoms with van der Waals surface area (Å²) >= 11 is 15.2. The molecule has 0 aliphatic heterocycles. The molecule has 19 heavy (non-hydrogen) atoms. The van der Waals surface area contributed by atoms with Gasteiger partial charge in [0.1, 0.15) is 16.7 Å². The van der Waals surface area contributed by atoms with Crippen molar-refractivity contribution in [3.05, 3.63) is 44.7 Å². The van der Waals surface area contributed by atoms with E-state index in [9.17, 15) is 0 Å². The zero-order chi connectivity index (χ0) is 13.8. The fraction of sp³-hybridized carbons (Fsp3) is 0.231. The van der Waals surface area contributed by atoms with Crippen LogP contribution in [0.4, 0.5) is 0 Å². The lowest BCUT2D eigenvalue weighted by atomic mass is 10.3. The average molecular weight is 362 g/mol. The molecule has 0 radical (unpaired) electrons. The van der Waals surface area contributed by atoms with Crippen LogP contribution in [-0.4, -0.2) is 9.97 Å². The smallest absolute Gasteiger partial charge is 0.224 e. The van der Waals surface area contributed by atoms with Crippen LogP contribution in [0.2, 0.25) is 10.2 Å². The van der Waals surface area contributed by atoms with Crippen molar-refractivity contribution in [1.82, 2.24) is 9.97 Å². The van der Waals surface area contributed by atoms with Gasteiger partial charge < -0.3 is 4.74 Å². The standard InChI is InChI=1S/C13H11BrCl2N2O/c1-2-3-12-17-11(16)7-13(18-12)19-10-5-4-8(15)6-9(10)14/h4-7H,2-3H2,1H3. The molecule has 2 aromatic rings. The number of benzene rings is 1. The van der Waals surface area contributed by atoms with Crippen LogP contribution in [0.15, 0.2) is 28.7 Å². The summed E-state index contributed by atoms with van der Waals surface area (Å²) in [6, 6.07) is 6.85. The molecule has 0 spiro atoms. The Morgan fingerprint density at radius 2 is 2.00 bits per heavy atom. The van der Waals surface area contributed by atoms with Gasteiger partial charge in [-0.3, -0.25) is 0 Å². The number of hydrogen-bond donors (Lipinski definition) is 0. The normalized spacial score (nSPS) is 10.5. The van der Waals surface area contributed by atoms with E-state index in [1.54, 1.807) is 24.3 Å². The molecule has 0 aliphatic carbocycles. The van der Waals surface area contributed by atoms with E-state index in [2.05, 4.69) is 32.8 Å². The fourth-order valence-corrected chi connectivity index (χ4v) is 2.45. The highest BCUT2D eigenvalue weighted by Gasteiger charge is 2.08. The molecule has 0 unspecified atom stereocenters. The molecule has 1 aromatic heterocycles. The number of aromatic nitrogens is 2. The first-order valence-corrected chi connectivity index (χ1v) is 7.29. The molecule has 0 saturated heterocycles. The Labute approximate surface area is 130 Å². The first-order chi connectivity index (χ1) is 9.08.